The number of hydrogen-bond donors (Lipinski definition) is 2. The highest BCUT2D eigenvalue weighted by Crippen LogP contribution is 2.54. The molecule has 6 nitrogen and oxygen atoms in total. The van der Waals surface area contributed by atoms with Crippen molar-refractivity contribution < 1.29 is 9.90 Å². The smallest absolute Gasteiger partial charge is 0.175 e. The number of benzene rings is 6. The second-order valence-corrected chi connectivity index (χ2v) is 15.5. The molecule has 1 aliphatic carbocycles. The van der Waals surface area contributed by atoms with Gasteiger partial charge in [-0.25, -0.2) is 0 Å². The molecule has 0 saturated heterocycles. The molecule has 0 radical (unpaired) electrons. The maximum atomic E-state index is 15.1. The summed E-state index contributed by atoms with van der Waals surface area (Å²) in [5.41, 5.74) is 4.04. The lowest BCUT2D eigenvalue weighted by Gasteiger charge is -2.35. The van der Waals surface area contributed by atoms with Crippen molar-refractivity contribution in [2.45, 2.75) is 85.0 Å². The molecule has 1 aliphatic rings. The van der Waals surface area contributed by atoms with Gasteiger partial charge in [-0.15, -0.1) is 0 Å². The van der Waals surface area contributed by atoms with Crippen molar-refractivity contribution in [2.75, 3.05) is 36.0 Å². The first-order chi connectivity index (χ1) is 27.9. The summed E-state index contributed by atoms with van der Waals surface area (Å²) in [6.45, 7) is 12.4. The number of phenolic OH excluding ortho intramolecular Hbond substituents is 1. The standard InChI is InChI=1S/C51H54N4O2/c1-5-9-23-54(24-10-6-2)44-22-21-39(40-27-34-17-13-14-18-35(34)28-41(40)44)49-47(38(32-52)33-53)50(51(49)57)48-43-30-37-20-16-15-19-36(37)29-42(43)45(31-46(48)56)55(25-11-7-3)26-12-8-4/h13-22,27-31,49,52,56H,5-12,23-26H2,1-4H3. The Kier molecular flexibility index (Phi) is 12.1. The first-order valence-corrected chi connectivity index (χ1v) is 21.0. The van der Waals surface area contributed by atoms with Gasteiger partial charge in [0.25, 0.3) is 0 Å². The number of unbranched alkanes of at least 4 members (excludes halogenated alkanes) is 4. The van der Waals surface area contributed by atoms with Gasteiger partial charge < -0.3 is 14.9 Å². The van der Waals surface area contributed by atoms with Crippen molar-refractivity contribution in [1.82, 2.24) is 0 Å². The topological polar surface area (TPSA) is 91.4 Å². The molecule has 1 unspecified atom stereocenters. The average molecular weight is 755 g/mol. The van der Waals surface area contributed by atoms with Gasteiger partial charge in [0.05, 0.1) is 5.92 Å². The van der Waals surface area contributed by atoms with E-state index in [-0.39, 0.29) is 17.1 Å². The van der Waals surface area contributed by atoms with E-state index in [0.717, 1.165) is 138 Å². The van der Waals surface area contributed by atoms with Gasteiger partial charge in [0.1, 0.15) is 17.4 Å². The predicted octanol–water partition coefficient (Wildman–Crippen LogP) is 12.6. The fourth-order valence-corrected chi connectivity index (χ4v) is 8.72. The van der Waals surface area contributed by atoms with Crippen molar-refractivity contribution in [3.8, 4) is 11.8 Å². The maximum absolute atomic E-state index is 15.1. The van der Waals surface area contributed by atoms with E-state index in [4.69, 9.17) is 5.41 Å². The maximum Gasteiger partial charge on any atom is 0.175 e. The Labute approximate surface area is 337 Å². The van der Waals surface area contributed by atoms with Gasteiger partial charge in [-0.05, 0) is 99.8 Å². The predicted molar refractivity (Wildman–Crippen MR) is 240 cm³/mol. The minimum Gasteiger partial charge on any atom is -0.507 e. The molecule has 0 heterocycles. The van der Waals surface area contributed by atoms with E-state index in [0.29, 0.717) is 16.7 Å². The molecule has 57 heavy (non-hydrogen) atoms. The van der Waals surface area contributed by atoms with E-state index < -0.39 is 5.92 Å². The van der Waals surface area contributed by atoms with Gasteiger partial charge in [-0.2, -0.15) is 5.26 Å². The highest BCUT2D eigenvalue weighted by Gasteiger charge is 2.45. The molecule has 6 heteroatoms. The summed E-state index contributed by atoms with van der Waals surface area (Å²) >= 11 is 0. The van der Waals surface area contributed by atoms with Crippen LogP contribution in [0.15, 0.2) is 102 Å². The summed E-state index contributed by atoms with van der Waals surface area (Å²) < 4.78 is 0. The van der Waals surface area contributed by atoms with Gasteiger partial charge in [0.2, 0.25) is 0 Å². The third kappa shape index (κ3) is 7.41. The largest absolute Gasteiger partial charge is 0.507 e. The van der Waals surface area contributed by atoms with Crippen molar-refractivity contribution in [3.05, 3.63) is 113 Å². The van der Waals surface area contributed by atoms with Crippen LogP contribution in [0.1, 0.15) is 96.1 Å². The van der Waals surface area contributed by atoms with Crippen molar-refractivity contribution in [3.63, 3.8) is 0 Å². The first-order valence-electron chi connectivity index (χ1n) is 21.0. The minimum absolute atomic E-state index is 0.000962. The number of rotatable bonds is 17. The number of anilines is 2. The van der Waals surface area contributed by atoms with Gasteiger partial charge in [-0.1, -0.05) is 108 Å². The van der Waals surface area contributed by atoms with Crippen LogP contribution >= 0.6 is 0 Å². The molecule has 0 aliphatic heterocycles. The summed E-state index contributed by atoms with van der Waals surface area (Å²) in [6, 6.07) is 33.4. The Morgan fingerprint density at radius 1 is 0.649 bits per heavy atom. The summed E-state index contributed by atoms with van der Waals surface area (Å²) in [5.74, 6) is 1.43. The number of hydrogen-bond acceptors (Lipinski definition) is 6. The fraction of sp³-hybridized carbons (Fsp3) is 0.333. The molecule has 7 rings (SSSR count). The summed E-state index contributed by atoms with van der Waals surface area (Å²) in [7, 11) is 0. The Morgan fingerprint density at radius 3 is 1.58 bits per heavy atom. The fourth-order valence-electron chi connectivity index (χ4n) is 8.72. The zero-order valence-electron chi connectivity index (χ0n) is 33.9. The zero-order valence-corrected chi connectivity index (χ0v) is 33.9. The van der Waals surface area contributed by atoms with E-state index in [9.17, 15) is 10.4 Å². The molecular formula is C51H54N4O2. The molecule has 0 bridgehead atoms. The third-order valence-corrected chi connectivity index (χ3v) is 11.8. The van der Waals surface area contributed by atoms with Gasteiger partial charge in [-0.3, -0.25) is 10.2 Å². The number of fused-ring (bicyclic) bond motifs is 4. The van der Waals surface area contributed by atoms with Crippen LogP contribution in [-0.4, -0.2) is 42.9 Å². The normalized spacial score (nSPS) is 13.9. The molecule has 1 atom stereocenters. The van der Waals surface area contributed by atoms with Gasteiger partial charge in [0.15, 0.2) is 5.78 Å². The van der Waals surface area contributed by atoms with Crippen LogP contribution in [0.3, 0.4) is 0 Å². The average Bonchev–Trinajstić information content (AvgIpc) is 3.23. The number of ketones is 1. The zero-order chi connectivity index (χ0) is 40.1. The number of nitrogens with zero attached hydrogens (tertiary/aromatic N) is 3. The summed E-state index contributed by atoms with van der Waals surface area (Å²) in [4.78, 5) is 19.9. The van der Waals surface area contributed by atoms with Crippen LogP contribution in [0, 0.1) is 16.7 Å². The Morgan fingerprint density at radius 2 is 1.11 bits per heavy atom. The number of allylic oxidation sites excluding steroid dienone is 3. The van der Waals surface area contributed by atoms with Crippen LogP contribution in [0.2, 0.25) is 0 Å². The Bertz CT molecular complexity index is 2590. The minimum atomic E-state index is -0.801. The lowest BCUT2D eigenvalue weighted by molar-refractivity contribution is -0.115. The highest BCUT2D eigenvalue weighted by molar-refractivity contribution is 6.38. The van der Waals surface area contributed by atoms with E-state index in [1.165, 1.54) is 0 Å². The molecule has 0 saturated carbocycles. The monoisotopic (exact) mass is 754 g/mol. The second-order valence-electron chi connectivity index (χ2n) is 15.5. The second kappa shape index (κ2) is 17.5. The van der Waals surface area contributed by atoms with Crippen molar-refractivity contribution in [2.24, 2.45) is 0 Å². The number of Topliss-reactive ketones (excluding diaryl/α,β-unsaturated/α-hetero) is 1. The Balaban J connectivity index is 1.49. The van der Waals surface area contributed by atoms with Crippen LogP contribution in [0.5, 0.6) is 5.75 Å². The molecule has 6 aromatic rings. The van der Waals surface area contributed by atoms with Crippen molar-refractivity contribution >= 4 is 71.7 Å². The highest BCUT2D eigenvalue weighted by atomic mass is 16.3. The molecule has 290 valence electrons. The quantitative estimate of drug-likeness (QED) is 0.0549. The van der Waals surface area contributed by atoms with Crippen molar-refractivity contribution in [1.29, 1.82) is 10.7 Å². The third-order valence-electron chi connectivity index (χ3n) is 11.8. The lowest BCUT2D eigenvalue weighted by atomic mass is 9.66. The molecular weight excluding hydrogens is 701 g/mol. The van der Waals surface area contributed by atoms with E-state index in [1.54, 1.807) is 0 Å². The van der Waals surface area contributed by atoms with E-state index >= 15 is 4.79 Å². The van der Waals surface area contributed by atoms with E-state index in [2.05, 4.69) is 116 Å². The van der Waals surface area contributed by atoms with Crippen LogP contribution < -0.4 is 9.80 Å². The number of carbonyl (C=O) groups excluding carboxylic acids is 1. The van der Waals surface area contributed by atoms with Crippen LogP contribution in [0.25, 0.3) is 48.7 Å². The molecule has 0 aromatic heterocycles. The summed E-state index contributed by atoms with van der Waals surface area (Å²) in [6.07, 6.45) is 8.47. The molecule has 2 N–H and O–H groups in total. The Hall–Kier alpha value is -5.89. The molecule has 0 fully saturated rings. The first kappa shape index (κ1) is 39.3. The van der Waals surface area contributed by atoms with Crippen LogP contribution in [-0.2, 0) is 4.79 Å². The molecule has 0 spiro atoms. The van der Waals surface area contributed by atoms with Gasteiger partial charge >= 0.3 is 0 Å². The number of nitriles is 1. The van der Waals surface area contributed by atoms with E-state index in [1.807, 2.05) is 24.3 Å². The lowest BCUT2D eigenvalue weighted by Crippen LogP contribution is -2.31. The summed E-state index contributed by atoms with van der Waals surface area (Å²) in [5, 5.41) is 39.0. The number of phenols is 1. The number of nitrogens with one attached hydrogen (secondary N) is 1. The number of aromatic hydroxyl groups is 1. The number of carbonyl (C=O) groups is 1. The van der Waals surface area contributed by atoms with Gasteiger partial charge in [0, 0.05) is 71.1 Å². The molecule has 0 amide bonds. The van der Waals surface area contributed by atoms with Crippen LogP contribution in [0.4, 0.5) is 11.4 Å². The SMILES string of the molecule is CCCCN(CCCC)c1ccc(C2C(=O)C(c3c(O)cc(N(CCCC)CCCC)c4cc5ccccc5cc34)=C2C(=C=N)C#N)c2cc3ccccc3cc12. The molecule has 6 aromatic carbocycles.